The molecule has 0 unspecified atom stereocenters. The van der Waals surface area contributed by atoms with Gasteiger partial charge in [-0.05, 0) is 6.92 Å². The third-order valence-electron chi connectivity index (χ3n) is 1.64. The number of hydrogen-bond acceptors (Lipinski definition) is 5. The highest BCUT2D eigenvalue weighted by Crippen LogP contribution is 2.01. The Morgan fingerprint density at radius 2 is 2.14 bits per heavy atom. The van der Waals surface area contributed by atoms with Crippen molar-refractivity contribution in [1.29, 1.82) is 0 Å². The molecule has 0 saturated carbocycles. The molecular formula is C8H16N2O4. The predicted octanol–water partition coefficient (Wildman–Crippen LogP) is -1.89. The highest BCUT2D eigenvalue weighted by Gasteiger charge is 2.22. The minimum absolute atomic E-state index is 0.346. The van der Waals surface area contributed by atoms with Crippen LogP contribution < -0.4 is 11.0 Å². The van der Waals surface area contributed by atoms with E-state index in [4.69, 9.17) is 6.52 Å². The van der Waals surface area contributed by atoms with E-state index < -0.39 is 30.1 Å². The summed E-state index contributed by atoms with van der Waals surface area (Å²) in [6, 6.07) is -0.928. The van der Waals surface area contributed by atoms with E-state index in [1.807, 2.05) is 11.0 Å². The van der Waals surface area contributed by atoms with E-state index in [1.165, 1.54) is 13.8 Å². The van der Waals surface area contributed by atoms with Crippen LogP contribution in [0.5, 0.6) is 0 Å². The van der Waals surface area contributed by atoms with E-state index in [2.05, 4.69) is 0 Å². The van der Waals surface area contributed by atoms with Gasteiger partial charge in [0, 0.05) is 6.92 Å². The first-order chi connectivity index (χ1) is 6.88. The number of carbonyl (C=O) groups excluding carboxylic acids is 2. The first kappa shape index (κ1) is 11.1. The second-order valence-corrected chi connectivity index (χ2v) is 3.14. The Morgan fingerprint density at radius 1 is 1.57 bits per heavy atom. The van der Waals surface area contributed by atoms with E-state index >= 15 is 0 Å². The summed E-state index contributed by atoms with van der Waals surface area (Å²) >= 11 is 0. The fourth-order valence-electron chi connectivity index (χ4n) is 0.886. The van der Waals surface area contributed by atoms with Gasteiger partial charge in [0.2, 0.25) is 11.8 Å². The van der Waals surface area contributed by atoms with Crippen LogP contribution in [0.1, 0.15) is 20.3 Å². The van der Waals surface area contributed by atoms with E-state index in [1.54, 1.807) is 0 Å². The molecule has 0 aliphatic heterocycles. The van der Waals surface area contributed by atoms with Crippen molar-refractivity contribution in [1.82, 2.24) is 5.32 Å². The molecular weight excluding hydrogens is 188 g/mol. The van der Waals surface area contributed by atoms with Gasteiger partial charge in [0.05, 0.1) is 24.7 Å². The lowest BCUT2D eigenvalue weighted by Crippen LogP contribution is -2.45. The van der Waals surface area contributed by atoms with Crippen molar-refractivity contribution >= 4 is 11.8 Å². The van der Waals surface area contributed by atoms with E-state index in [0.29, 0.717) is 0 Å². The second-order valence-electron chi connectivity index (χ2n) is 3.14. The quantitative estimate of drug-likeness (QED) is 0.419. The number of rotatable bonds is 5. The maximum atomic E-state index is 11.0. The second kappa shape index (κ2) is 5.69. The number of aliphatic hydroxyl groups excluding tert-OH is 2. The molecule has 0 aromatic heterocycles. The number of nitrogens with two attached hydrogens (primary N) is 1. The molecule has 82 valence electrons. The summed E-state index contributed by atoms with van der Waals surface area (Å²) in [6.45, 7) is 2.57. The fraction of sp³-hybridized carbons (Fsp3) is 0.750. The van der Waals surface area contributed by atoms with Gasteiger partial charge in [0.1, 0.15) is 1.41 Å². The van der Waals surface area contributed by atoms with Crippen LogP contribution in [0.15, 0.2) is 0 Å². The molecule has 0 heterocycles. The average Bonchev–Trinajstić information content (AvgIpc) is 2.01. The van der Waals surface area contributed by atoms with Crippen LogP contribution in [0.25, 0.3) is 0 Å². The third kappa shape index (κ3) is 4.90. The number of hydrogen-bond donors (Lipinski definition) is 4. The van der Waals surface area contributed by atoms with Crippen LogP contribution in [-0.4, -0.2) is 40.3 Å². The van der Waals surface area contributed by atoms with Crippen LogP contribution in [0, 0.1) is 0 Å². The van der Waals surface area contributed by atoms with Crippen molar-refractivity contribution in [2.75, 3.05) is 0 Å². The lowest BCUT2D eigenvalue weighted by atomic mass is 10.0. The molecule has 14 heavy (non-hydrogen) atoms. The zero-order valence-corrected chi connectivity index (χ0v) is 8.15. The van der Waals surface area contributed by atoms with Crippen molar-refractivity contribution in [3.05, 3.63) is 0 Å². The Kier molecular flexibility index (Phi) is 4.51. The van der Waals surface area contributed by atoms with Crippen LogP contribution in [0.3, 0.4) is 0 Å². The summed E-state index contributed by atoms with van der Waals surface area (Å²) in [6.07, 6.45) is -2.54. The lowest BCUT2D eigenvalue weighted by molar-refractivity contribution is -0.130. The Hall–Kier alpha value is -0.980. The molecule has 0 spiro atoms. The summed E-state index contributed by atoms with van der Waals surface area (Å²) in [7, 11) is 0. The molecule has 5 N–H and O–H groups in total. The highest BCUT2D eigenvalue weighted by atomic mass is 16.3. The molecule has 0 rings (SSSR count). The molecule has 0 aliphatic carbocycles. The van der Waals surface area contributed by atoms with Gasteiger partial charge in [0.25, 0.3) is 0 Å². The van der Waals surface area contributed by atoms with E-state index in [-0.39, 0.29) is 6.42 Å². The number of carbonyl (C=O) groups is 2. The summed E-state index contributed by atoms with van der Waals surface area (Å²) in [5.41, 5.74) is 1.95. The highest BCUT2D eigenvalue weighted by molar-refractivity contribution is 5.94. The molecule has 6 heteroatoms. The maximum absolute atomic E-state index is 11.0. The van der Waals surface area contributed by atoms with Gasteiger partial charge in [-0.2, -0.15) is 0 Å². The predicted molar refractivity (Wildman–Crippen MR) is 49.1 cm³/mol. The Morgan fingerprint density at radius 3 is 2.50 bits per heavy atom. The van der Waals surface area contributed by atoms with Crippen molar-refractivity contribution in [3.63, 3.8) is 0 Å². The molecule has 3 atom stereocenters. The van der Waals surface area contributed by atoms with Crippen LogP contribution in [-0.2, 0) is 9.59 Å². The number of amides is 2. The Bertz CT molecular complexity index is 235. The molecule has 0 fully saturated rings. The summed E-state index contributed by atoms with van der Waals surface area (Å²) in [5.74, 6) is -1.16. The van der Waals surface area contributed by atoms with Crippen LogP contribution >= 0.6 is 0 Å². The summed E-state index contributed by atoms with van der Waals surface area (Å²) in [5, 5.41) is 20.6. The molecule has 6 nitrogen and oxygen atoms in total. The number of aliphatic hydroxyl groups is 2. The van der Waals surface area contributed by atoms with Gasteiger partial charge in [-0.3, -0.25) is 14.9 Å². The van der Waals surface area contributed by atoms with Gasteiger partial charge in [0.15, 0.2) is 0 Å². The molecule has 0 bridgehead atoms. The zero-order valence-electron chi connectivity index (χ0n) is 9.15. The Balaban J connectivity index is 4.15. The summed E-state index contributed by atoms with van der Waals surface area (Å²) in [4.78, 5) is 21.5. The van der Waals surface area contributed by atoms with Crippen LogP contribution in [0.2, 0.25) is 1.41 Å². The molecule has 0 aromatic rings. The topological polar surface area (TPSA) is 113 Å². The Labute approximate surface area is 83.6 Å². The van der Waals surface area contributed by atoms with Gasteiger partial charge >= 0.3 is 0 Å². The SMILES string of the molecule is [2H]N[C@H]([C@H](O)CC(=O)NC(C)=O)[C@@H](C)O. The monoisotopic (exact) mass is 205 g/mol. The fourth-order valence-corrected chi connectivity index (χ4v) is 0.886. The number of imide groups is 1. The smallest absolute Gasteiger partial charge is 0.229 e. The van der Waals surface area contributed by atoms with Gasteiger partial charge in [-0.25, -0.2) is 0 Å². The first-order valence-corrected chi connectivity index (χ1v) is 4.22. The van der Waals surface area contributed by atoms with Crippen molar-refractivity contribution in [2.24, 2.45) is 5.73 Å². The van der Waals surface area contributed by atoms with Gasteiger partial charge in [-0.15, -0.1) is 0 Å². The first-order valence-electron chi connectivity index (χ1n) is 4.72. The van der Waals surface area contributed by atoms with Crippen molar-refractivity contribution in [2.45, 2.75) is 38.5 Å². The molecule has 0 radical (unpaired) electrons. The van der Waals surface area contributed by atoms with Crippen LogP contribution in [0.4, 0.5) is 0 Å². The van der Waals surface area contributed by atoms with Crippen molar-refractivity contribution in [3.8, 4) is 0 Å². The standard InChI is InChI=1S/C8H16N2O4/c1-4(11)8(9)6(13)3-7(14)10-5(2)12/h4,6,8,11,13H,3,9H2,1-2H3,(H,10,12,14)/t4-,6-,8+/m1/s1/i/hD. The van der Waals surface area contributed by atoms with Gasteiger partial charge < -0.3 is 15.9 Å². The van der Waals surface area contributed by atoms with Gasteiger partial charge in [-0.1, -0.05) is 0 Å². The molecule has 0 saturated heterocycles. The average molecular weight is 205 g/mol. The minimum atomic E-state index is -1.22. The van der Waals surface area contributed by atoms with E-state index in [9.17, 15) is 14.7 Å². The number of nitrogens with one attached hydrogen (secondary N) is 1. The summed E-state index contributed by atoms with van der Waals surface area (Å²) < 4.78 is 6.84. The van der Waals surface area contributed by atoms with E-state index in [0.717, 1.165) is 0 Å². The third-order valence-corrected chi connectivity index (χ3v) is 1.64. The minimum Gasteiger partial charge on any atom is -0.392 e. The lowest BCUT2D eigenvalue weighted by Gasteiger charge is -2.20. The zero-order chi connectivity index (χ0) is 12.0. The molecule has 2 amide bonds. The maximum Gasteiger partial charge on any atom is 0.229 e. The normalized spacial score (nSPS) is 17.9. The largest absolute Gasteiger partial charge is 0.392 e. The molecule has 0 aromatic carbocycles. The van der Waals surface area contributed by atoms with Crippen molar-refractivity contribution < 1.29 is 21.2 Å². The molecule has 0 aliphatic rings.